The number of rotatable bonds is 10. The number of sulfone groups is 1. The Hall–Kier alpha value is -2.99. The zero-order chi connectivity index (χ0) is 24.2. The zero-order valence-corrected chi connectivity index (χ0v) is 19.8. The van der Waals surface area contributed by atoms with Gasteiger partial charge in [0.1, 0.15) is 21.3 Å². The average molecular weight is 497 g/mol. The molecule has 9 nitrogen and oxygen atoms in total. The van der Waals surface area contributed by atoms with Gasteiger partial charge in [0.25, 0.3) is 5.91 Å². The van der Waals surface area contributed by atoms with Crippen LogP contribution in [-0.4, -0.2) is 50.0 Å². The van der Waals surface area contributed by atoms with Crippen LogP contribution in [0.4, 0.5) is 15.8 Å². The summed E-state index contributed by atoms with van der Waals surface area (Å²) in [5.41, 5.74) is 0.817. The Labute approximate surface area is 191 Å². The molecule has 3 N–H and O–H groups in total. The van der Waals surface area contributed by atoms with Gasteiger partial charge in [0.05, 0.1) is 34.6 Å². The number of halogens is 1. The second kappa shape index (κ2) is 9.87. The fourth-order valence-electron chi connectivity index (χ4n) is 3.37. The molecule has 0 unspecified atom stereocenters. The van der Waals surface area contributed by atoms with Crippen molar-refractivity contribution in [3.63, 3.8) is 0 Å². The second-order valence-corrected chi connectivity index (χ2v) is 11.8. The van der Waals surface area contributed by atoms with Crippen LogP contribution in [0.2, 0.25) is 0 Å². The number of nitrogens with zero attached hydrogens (tertiary/aromatic N) is 1. The van der Waals surface area contributed by atoms with E-state index in [4.69, 9.17) is 0 Å². The van der Waals surface area contributed by atoms with Gasteiger partial charge in [-0.3, -0.25) is 9.52 Å². The van der Waals surface area contributed by atoms with Crippen LogP contribution in [0.15, 0.2) is 36.7 Å². The Morgan fingerprint density at radius 1 is 1.12 bits per heavy atom. The minimum atomic E-state index is -3.91. The molecule has 0 saturated carbocycles. The van der Waals surface area contributed by atoms with Crippen molar-refractivity contribution in [3.8, 4) is 0 Å². The fraction of sp³-hybridized carbons (Fsp3) is 0.333. The van der Waals surface area contributed by atoms with Crippen molar-refractivity contribution < 1.29 is 26.0 Å². The van der Waals surface area contributed by atoms with Gasteiger partial charge in [-0.25, -0.2) is 26.2 Å². The zero-order valence-electron chi connectivity index (χ0n) is 18.2. The van der Waals surface area contributed by atoms with Crippen molar-refractivity contribution in [3.05, 3.63) is 53.6 Å². The summed E-state index contributed by atoms with van der Waals surface area (Å²) in [5.74, 6) is -2.22. The van der Waals surface area contributed by atoms with Crippen LogP contribution in [0.25, 0.3) is 11.0 Å². The number of carbonyl (C=O) groups is 1. The molecule has 0 fully saturated rings. The van der Waals surface area contributed by atoms with E-state index in [1.165, 1.54) is 19.2 Å². The maximum Gasteiger partial charge on any atom is 0.259 e. The summed E-state index contributed by atoms with van der Waals surface area (Å²) in [6, 6.07) is 5.66. The number of carbonyl (C=O) groups excluding carboxylic acids is 1. The van der Waals surface area contributed by atoms with Crippen LogP contribution >= 0.6 is 0 Å². The summed E-state index contributed by atoms with van der Waals surface area (Å²) >= 11 is 0. The van der Waals surface area contributed by atoms with E-state index in [0.29, 0.717) is 17.8 Å². The van der Waals surface area contributed by atoms with Crippen molar-refractivity contribution >= 4 is 48.2 Å². The highest BCUT2D eigenvalue weighted by Gasteiger charge is 2.21. The van der Waals surface area contributed by atoms with Crippen LogP contribution in [0.3, 0.4) is 0 Å². The van der Waals surface area contributed by atoms with Crippen molar-refractivity contribution in [1.82, 2.24) is 9.97 Å². The first-order valence-corrected chi connectivity index (χ1v) is 13.7. The average Bonchev–Trinajstić information content (AvgIpc) is 3.17. The van der Waals surface area contributed by atoms with Gasteiger partial charge < -0.3 is 10.3 Å². The monoisotopic (exact) mass is 496 g/mol. The first-order chi connectivity index (χ1) is 15.5. The van der Waals surface area contributed by atoms with E-state index in [-0.39, 0.29) is 34.7 Å². The third kappa shape index (κ3) is 6.29. The second-order valence-electron chi connectivity index (χ2n) is 7.61. The number of hydrogen-bond acceptors (Lipinski definition) is 6. The molecule has 3 aromatic rings. The lowest BCUT2D eigenvalue weighted by atomic mass is 10.1. The van der Waals surface area contributed by atoms with Gasteiger partial charge in [-0.05, 0) is 49.6 Å². The molecule has 0 radical (unpaired) electrons. The van der Waals surface area contributed by atoms with Gasteiger partial charge in [0.15, 0.2) is 0 Å². The SMILES string of the molecule is CCCS(=O)(=O)CCCS(=O)(=O)Nc1ccc(F)c(C(=O)Nc2cnc3[nH]ccc3c2)c1C. The smallest absolute Gasteiger partial charge is 0.259 e. The lowest BCUT2D eigenvalue weighted by Crippen LogP contribution is -2.22. The predicted octanol–water partition coefficient (Wildman–Crippen LogP) is 3.22. The molecule has 33 heavy (non-hydrogen) atoms. The number of hydrogen-bond donors (Lipinski definition) is 3. The van der Waals surface area contributed by atoms with E-state index in [9.17, 15) is 26.0 Å². The lowest BCUT2D eigenvalue weighted by molar-refractivity contribution is 0.102. The Morgan fingerprint density at radius 3 is 2.61 bits per heavy atom. The Kier molecular flexibility index (Phi) is 7.38. The van der Waals surface area contributed by atoms with Gasteiger partial charge in [0, 0.05) is 17.3 Å². The highest BCUT2D eigenvalue weighted by Crippen LogP contribution is 2.25. The fourth-order valence-corrected chi connectivity index (χ4v) is 6.15. The van der Waals surface area contributed by atoms with Crippen molar-refractivity contribution in [1.29, 1.82) is 0 Å². The third-order valence-electron chi connectivity index (χ3n) is 4.95. The highest BCUT2D eigenvalue weighted by molar-refractivity contribution is 7.93. The molecule has 0 aliphatic heterocycles. The standard InChI is InChI=1S/C21H25FN4O5S2/c1-3-9-32(28,29)10-4-11-33(30,31)26-18-6-5-17(22)19(14(18)2)21(27)25-16-12-15-7-8-23-20(15)24-13-16/h5-8,12-13,26H,3-4,9-11H2,1-2H3,(H,23,24)(H,25,27). The molecular formula is C21H25FN4O5S2. The van der Waals surface area contributed by atoms with E-state index in [1.54, 1.807) is 25.3 Å². The van der Waals surface area contributed by atoms with E-state index in [2.05, 4.69) is 20.0 Å². The van der Waals surface area contributed by atoms with E-state index in [0.717, 1.165) is 11.5 Å². The van der Waals surface area contributed by atoms with Gasteiger partial charge in [0.2, 0.25) is 10.0 Å². The maximum atomic E-state index is 14.5. The molecule has 2 aromatic heterocycles. The molecule has 178 valence electrons. The van der Waals surface area contributed by atoms with Crippen molar-refractivity contribution in [2.75, 3.05) is 27.3 Å². The number of aromatic amines is 1. The molecule has 2 heterocycles. The third-order valence-corrected chi connectivity index (χ3v) is 8.25. The molecule has 1 aromatic carbocycles. The number of amides is 1. The maximum absolute atomic E-state index is 14.5. The summed E-state index contributed by atoms with van der Waals surface area (Å²) in [6.45, 7) is 3.16. The van der Waals surface area contributed by atoms with Crippen LogP contribution in [0.1, 0.15) is 35.7 Å². The molecule has 0 spiro atoms. The van der Waals surface area contributed by atoms with E-state index >= 15 is 0 Å². The summed E-state index contributed by atoms with van der Waals surface area (Å²) in [5, 5.41) is 3.33. The molecule has 0 saturated heterocycles. The number of anilines is 2. The predicted molar refractivity (Wildman–Crippen MR) is 126 cm³/mol. The number of H-pyrrole nitrogens is 1. The Bertz CT molecular complexity index is 1380. The molecule has 0 aliphatic rings. The first kappa shape index (κ1) is 24.6. The minimum Gasteiger partial charge on any atom is -0.346 e. The number of pyridine rings is 1. The lowest BCUT2D eigenvalue weighted by Gasteiger charge is -2.15. The molecular weight excluding hydrogens is 471 g/mol. The normalized spacial score (nSPS) is 12.1. The van der Waals surface area contributed by atoms with Gasteiger partial charge >= 0.3 is 0 Å². The van der Waals surface area contributed by atoms with E-state index in [1.807, 2.05) is 0 Å². The van der Waals surface area contributed by atoms with Crippen LogP contribution in [-0.2, 0) is 19.9 Å². The van der Waals surface area contributed by atoms with Gasteiger partial charge in [-0.1, -0.05) is 6.92 Å². The van der Waals surface area contributed by atoms with Crippen molar-refractivity contribution in [2.45, 2.75) is 26.7 Å². The number of aromatic nitrogens is 2. The molecule has 0 aliphatic carbocycles. The quantitative estimate of drug-likeness (QED) is 0.394. The van der Waals surface area contributed by atoms with Gasteiger partial charge in [-0.15, -0.1) is 0 Å². The number of fused-ring (bicyclic) bond motifs is 1. The van der Waals surface area contributed by atoms with Crippen LogP contribution in [0.5, 0.6) is 0 Å². The number of nitrogens with one attached hydrogen (secondary N) is 3. The Balaban J connectivity index is 1.75. The van der Waals surface area contributed by atoms with Crippen LogP contribution in [0, 0.1) is 12.7 Å². The topological polar surface area (TPSA) is 138 Å². The summed E-state index contributed by atoms with van der Waals surface area (Å²) < 4.78 is 65.3. The highest BCUT2D eigenvalue weighted by atomic mass is 32.2. The molecule has 0 atom stereocenters. The molecule has 0 bridgehead atoms. The number of benzene rings is 1. The summed E-state index contributed by atoms with van der Waals surface area (Å²) in [7, 11) is -7.21. The molecule has 1 amide bonds. The van der Waals surface area contributed by atoms with Gasteiger partial charge in [-0.2, -0.15) is 0 Å². The number of sulfonamides is 1. The van der Waals surface area contributed by atoms with E-state index < -0.39 is 37.3 Å². The summed E-state index contributed by atoms with van der Waals surface area (Å²) in [6.07, 6.45) is 3.51. The summed E-state index contributed by atoms with van der Waals surface area (Å²) in [4.78, 5) is 19.8. The first-order valence-electron chi connectivity index (χ1n) is 10.3. The van der Waals surface area contributed by atoms with Crippen LogP contribution < -0.4 is 10.0 Å². The Morgan fingerprint density at radius 2 is 1.88 bits per heavy atom. The largest absolute Gasteiger partial charge is 0.346 e. The van der Waals surface area contributed by atoms with Crippen molar-refractivity contribution in [2.24, 2.45) is 0 Å². The molecule has 12 heteroatoms. The molecule has 3 rings (SSSR count). The minimum absolute atomic E-state index is 0.00254.